The molecule has 0 bridgehead atoms. The summed E-state index contributed by atoms with van der Waals surface area (Å²) >= 11 is 0. The lowest BCUT2D eigenvalue weighted by Gasteiger charge is -2.32. The first kappa shape index (κ1) is 23.5. The van der Waals surface area contributed by atoms with Gasteiger partial charge in [-0.3, -0.25) is 9.69 Å². The zero-order chi connectivity index (χ0) is 23.5. The van der Waals surface area contributed by atoms with Gasteiger partial charge in [0.1, 0.15) is 11.5 Å². The Morgan fingerprint density at radius 2 is 1.79 bits per heavy atom. The van der Waals surface area contributed by atoms with Crippen LogP contribution in [0.2, 0.25) is 0 Å². The molecule has 2 aliphatic rings. The Kier molecular flexibility index (Phi) is 7.22. The second-order valence-corrected chi connectivity index (χ2v) is 9.46. The molecule has 0 aromatic heterocycles. The number of aromatic hydroxyl groups is 1. The molecule has 1 fully saturated rings. The first-order valence-electron chi connectivity index (χ1n) is 11.6. The van der Waals surface area contributed by atoms with E-state index < -0.39 is 0 Å². The zero-order valence-corrected chi connectivity index (χ0v) is 20.1. The first-order chi connectivity index (χ1) is 15.9. The van der Waals surface area contributed by atoms with Crippen LogP contribution in [0.5, 0.6) is 11.5 Å². The maximum atomic E-state index is 13.5. The highest BCUT2D eigenvalue weighted by molar-refractivity contribution is 5.97. The van der Waals surface area contributed by atoms with Gasteiger partial charge in [-0.25, -0.2) is 0 Å². The van der Waals surface area contributed by atoms with Crippen molar-refractivity contribution in [3.05, 3.63) is 58.1 Å². The lowest BCUT2D eigenvalue weighted by atomic mass is 9.98. The number of benzene rings is 2. The fourth-order valence-corrected chi connectivity index (χ4v) is 4.58. The fourth-order valence-electron chi connectivity index (χ4n) is 4.58. The Morgan fingerprint density at radius 3 is 2.48 bits per heavy atom. The van der Waals surface area contributed by atoms with Gasteiger partial charge in [-0.2, -0.15) is 0 Å². The van der Waals surface area contributed by atoms with Crippen LogP contribution in [0.3, 0.4) is 0 Å². The molecule has 1 N–H and O–H groups in total. The molecule has 0 spiro atoms. The maximum absolute atomic E-state index is 13.5. The molecule has 0 atom stereocenters. The summed E-state index contributed by atoms with van der Waals surface area (Å²) in [6.07, 6.45) is 0. The second kappa shape index (κ2) is 10.1. The molecule has 7 nitrogen and oxygen atoms in total. The minimum Gasteiger partial charge on any atom is -0.508 e. The third kappa shape index (κ3) is 5.32. The Balaban J connectivity index is 1.51. The quantitative estimate of drug-likeness (QED) is 0.649. The molecular weight excluding hydrogens is 418 g/mol. The number of fused-ring (bicyclic) bond motifs is 1. The largest absolute Gasteiger partial charge is 0.508 e. The lowest BCUT2D eigenvalue weighted by molar-refractivity contribution is 0.0488. The van der Waals surface area contributed by atoms with E-state index in [-0.39, 0.29) is 24.4 Å². The summed E-state index contributed by atoms with van der Waals surface area (Å²) in [5.74, 6) is 0.460. The van der Waals surface area contributed by atoms with Crippen molar-refractivity contribution in [1.29, 1.82) is 0 Å². The van der Waals surface area contributed by atoms with Crippen LogP contribution in [0, 0.1) is 0 Å². The van der Waals surface area contributed by atoms with E-state index in [9.17, 15) is 9.90 Å². The third-order valence-electron chi connectivity index (χ3n) is 6.60. The molecule has 0 radical (unpaired) electrons. The smallest absolute Gasteiger partial charge is 0.258 e. The summed E-state index contributed by atoms with van der Waals surface area (Å²) in [7, 11) is 3.70. The van der Waals surface area contributed by atoms with Crippen molar-refractivity contribution in [3.63, 3.8) is 0 Å². The number of likely N-dealkylation sites (N-methyl/N-ethyl adjacent to an activating group) is 1. The second-order valence-electron chi connectivity index (χ2n) is 9.46. The van der Waals surface area contributed by atoms with Crippen molar-refractivity contribution in [1.82, 2.24) is 14.7 Å². The Hall–Kier alpha value is -2.61. The summed E-state index contributed by atoms with van der Waals surface area (Å²) in [4.78, 5) is 20.2. The van der Waals surface area contributed by atoms with Gasteiger partial charge in [-0.1, -0.05) is 32.0 Å². The van der Waals surface area contributed by atoms with Crippen molar-refractivity contribution < 1.29 is 19.4 Å². The van der Waals surface area contributed by atoms with E-state index in [1.165, 1.54) is 29.9 Å². The Morgan fingerprint density at radius 1 is 1.06 bits per heavy atom. The first-order valence-corrected chi connectivity index (χ1v) is 11.6. The highest BCUT2D eigenvalue weighted by Gasteiger charge is 2.28. The SMILES string of the molecule is COCOc1cc(O)c(C(C)C)cc1C(=O)N1Cc2ccc(CN3CCN(C)CC3)cc2C1. The topological polar surface area (TPSA) is 65.5 Å². The molecule has 2 aromatic carbocycles. The molecule has 0 aliphatic carbocycles. The van der Waals surface area contributed by atoms with E-state index in [1.807, 2.05) is 18.7 Å². The van der Waals surface area contributed by atoms with Crippen molar-refractivity contribution in [2.45, 2.75) is 39.4 Å². The van der Waals surface area contributed by atoms with Crippen LogP contribution in [0.15, 0.2) is 30.3 Å². The van der Waals surface area contributed by atoms with E-state index in [0.29, 0.717) is 24.4 Å². The van der Waals surface area contributed by atoms with Gasteiger partial charge < -0.3 is 24.4 Å². The van der Waals surface area contributed by atoms with Crippen LogP contribution < -0.4 is 4.74 Å². The Bertz CT molecular complexity index is 999. The summed E-state index contributed by atoms with van der Waals surface area (Å²) in [5.41, 5.74) is 4.88. The van der Waals surface area contributed by atoms with Gasteiger partial charge in [0.05, 0.1) is 5.56 Å². The average molecular weight is 454 g/mol. The number of methoxy groups -OCH3 is 1. The summed E-state index contributed by atoms with van der Waals surface area (Å²) in [6.45, 7) is 10.5. The molecule has 2 aliphatic heterocycles. The number of rotatable bonds is 7. The number of amides is 1. The van der Waals surface area contributed by atoms with E-state index >= 15 is 0 Å². The molecule has 1 amide bonds. The molecule has 0 saturated carbocycles. The summed E-state index contributed by atoms with van der Waals surface area (Å²) in [5, 5.41) is 10.4. The van der Waals surface area contributed by atoms with Crippen molar-refractivity contribution in [3.8, 4) is 11.5 Å². The van der Waals surface area contributed by atoms with Gasteiger partial charge in [0, 0.05) is 59.0 Å². The van der Waals surface area contributed by atoms with Gasteiger partial charge in [-0.05, 0) is 41.3 Å². The van der Waals surface area contributed by atoms with Crippen LogP contribution in [0.4, 0.5) is 0 Å². The molecule has 7 heteroatoms. The van der Waals surface area contributed by atoms with Crippen molar-refractivity contribution >= 4 is 5.91 Å². The van der Waals surface area contributed by atoms with Gasteiger partial charge >= 0.3 is 0 Å². The number of hydrogen-bond acceptors (Lipinski definition) is 6. The van der Waals surface area contributed by atoms with Gasteiger partial charge in [0.25, 0.3) is 5.91 Å². The third-order valence-corrected chi connectivity index (χ3v) is 6.60. The van der Waals surface area contributed by atoms with Crippen LogP contribution >= 0.6 is 0 Å². The highest BCUT2D eigenvalue weighted by Crippen LogP contribution is 2.35. The van der Waals surface area contributed by atoms with E-state index in [4.69, 9.17) is 9.47 Å². The number of phenolic OH excluding ortho intramolecular Hbond substituents is 1. The lowest BCUT2D eigenvalue weighted by Crippen LogP contribution is -2.43. The minimum atomic E-state index is -0.0974. The predicted molar refractivity (Wildman–Crippen MR) is 127 cm³/mol. The highest BCUT2D eigenvalue weighted by atomic mass is 16.7. The van der Waals surface area contributed by atoms with Gasteiger partial charge in [0.15, 0.2) is 6.79 Å². The number of carbonyl (C=O) groups is 1. The van der Waals surface area contributed by atoms with Crippen LogP contribution in [-0.4, -0.2) is 72.8 Å². The maximum Gasteiger partial charge on any atom is 0.258 e. The zero-order valence-electron chi connectivity index (χ0n) is 20.1. The normalized spacial score (nSPS) is 16.9. The number of carbonyl (C=O) groups excluding carboxylic acids is 1. The molecule has 2 heterocycles. The molecule has 33 heavy (non-hydrogen) atoms. The van der Waals surface area contributed by atoms with Crippen molar-refractivity contribution in [2.24, 2.45) is 0 Å². The number of ether oxygens (including phenoxy) is 2. The van der Waals surface area contributed by atoms with Crippen LogP contribution in [0.1, 0.15) is 52.4 Å². The number of nitrogens with zero attached hydrogens (tertiary/aromatic N) is 3. The minimum absolute atomic E-state index is 0.0105. The summed E-state index contributed by atoms with van der Waals surface area (Å²) < 4.78 is 10.7. The Labute approximate surface area is 196 Å². The van der Waals surface area contributed by atoms with Gasteiger partial charge in [0.2, 0.25) is 0 Å². The fraction of sp³-hybridized carbons (Fsp3) is 0.500. The average Bonchev–Trinajstić information content (AvgIpc) is 3.22. The van der Waals surface area contributed by atoms with Crippen LogP contribution in [0.25, 0.3) is 0 Å². The standard InChI is InChI=1S/C26H35N3O4/c1-18(2)22-12-23(25(13-24(22)30)33-17-32-4)26(31)29-15-20-6-5-19(11-21(20)16-29)14-28-9-7-27(3)8-10-28/h5-6,11-13,18,30H,7-10,14-17H2,1-4H3. The van der Waals surface area contributed by atoms with Gasteiger partial charge in [-0.15, -0.1) is 0 Å². The van der Waals surface area contributed by atoms with Crippen LogP contribution in [-0.2, 0) is 24.4 Å². The molecule has 4 rings (SSSR count). The van der Waals surface area contributed by atoms with Crippen molar-refractivity contribution in [2.75, 3.05) is 47.1 Å². The monoisotopic (exact) mass is 453 g/mol. The molecule has 178 valence electrons. The summed E-state index contributed by atoms with van der Waals surface area (Å²) in [6, 6.07) is 9.89. The van der Waals surface area contributed by atoms with E-state index in [0.717, 1.165) is 38.3 Å². The molecular formula is C26H35N3O4. The predicted octanol–water partition coefficient (Wildman–Crippen LogP) is 3.40. The number of phenols is 1. The number of hydrogen-bond donors (Lipinski definition) is 1. The molecule has 0 unspecified atom stereocenters. The molecule has 2 aromatic rings. The number of piperazine rings is 1. The van der Waals surface area contributed by atoms with E-state index in [2.05, 4.69) is 35.0 Å². The molecule has 1 saturated heterocycles. The van der Waals surface area contributed by atoms with E-state index in [1.54, 1.807) is 6.07 Å².